The van der Waals surface area contributed by atoms with Crippen molar-refractivity contribution in [1.82, 2.24) is 25.7 Å². The molecule has 0 bridgehead atoms. The summed E-state index contributed by atoms with van der Waals surface area (Å²) in [5.41, 5.74) is 1.37. The van der Waals surface area contributed by atoms with Crippen LogP contribution in [0.15, 0.2) is 39.8 Å². The molecule has 0 spiro atoms. The molecular weight excluding hydrogens is 455 g/mol. The Hall–Kier alpha value is -1.68. The maximum Gasteiger partial charge on any atom is 0.246 e. The molecule has 2 atom stereocenters. The van der Waals surface area contributed by atoms with Crippen molar-refractivity contribution in [2.24, 2.45) is 4.99 Å². The largest absolute Gasteiger partial charge is 0.354 e. The second kappa shape index (κ2) is 10.6. The Balaban J connectivity index is 0.00000261. The molecule has 148 valence electrons. The van der Waals surface area contributed by atoms with Crippen molar-refractivity contribution in [1.29, 1.82) is 0 Å². The minimum atomic E-state index is 0. The van der Waals surface area contributed by atoms with Crippen molar-refractivity contribution >= 4 is 29.9 Å². The van der Waals surface area contributed by atoms with Gasteiger partial charge in [-0.3, -0.25) is 9.89 Å². The van der Waals surface area contributed by atoms with E-state index in [2.05, 4.69) is 67.9 Å². The molecule has 1 fully saturated rings. The summed E-state index contributed by atoms with van der Waals surface area (Å²) in [7, 11) is 1.78. The molecule has 0 amide bonds. The summed E-state index contributed by atoms with van der Waals surface area (Å²) in [6.07, 6.45) is 2.19. The van der Waals surface area contributed by atoms with E-state index < -0.39 is 0 Å². The molecule has 8 heteroatoms. The van der Waals surface area contributed by atoms with Crippen LogP contribution in [-0.2, 0) is 13.1 Å². The van der Waals surface area contributed by atoms with Gasteiger partial charge in [0.15, 0.2) is 11.8 Å². The average molecular weight is 484 g/mol. The fourth-order valence-corrected chi connectivity index (χ4v) is 3.36. The van der Waals surface area contributed by atoms with Crippen LogP contribution in [-0.4, -0.2) is 46.7 Å². The van der Waals surface area contributed by atoms with Crippen LogP contribution in [0.5, 0.6) is 0 Å². The van der Waals surface area contributed by atoms with Crippen molar-refractivity contribution in [2.75, 3.05) is 13.6 Å². The average Bonchev–Trinajstić information content (AvgIpc) is 3.07. The van der Waals surface area contributed by atoms with E-state index in [0.717, 1.165) is 31.9 Å². The summed E-state index contributed by atoms with van der Waals surface area (Å²) >= 11 is 0. The van der Waals surface area contributed by atoms with E-state index >= 15 is 0 Å². The smallest absolute Gasteiger partial charge is 0.246 e. The maximum absolute atomic E-state index is 5.12. The summed E-state index contributed by atoms with van der Waals surface area (Å²) in [4.78, 5) is 11.0. The van der Waals surface area contributed by atoms with Crippen LogP contribution < -0.4 is 10.6 Å². The minimum absolute atomic E-state index is 0. The predicted molar refractivity (Wildman–Crippen MR) is 117 cm³/mol. The molecule has 2 unspecified atom stereocenters. The normalized spacial score (nSPS) is 20.8. The number of aliphatic imine (C=N–C) groups is 1. The predicted octanol–water partition coefficient (Wildman–Crippen LogP) is 2.71. The Morgan fingerprint density at radius 2 is 2.11 bits per heavy atom. The SMILES string of the molecule is CN=C(NCc1nc(C)no1)NC1CCN(Cc2ccccc2)C(C)C1.I. The fourth-order valence-electron chi connectivity index (χ4n) is 3.36. The molecule has 7 nitrogen and oxygen atoms in total. The molecule has 0 saturated carbocycles. The van der Waals surface area contributed by atoms with Gasteiger partial charge in [-0.1, -0.05) is 35.5 Å². The van der Waals surface area contributed by atoms with Gasteiger partial charge in [-0.2, -0.15) is 4.98 Å². The van der Waals surface area contributed by atoms with Crippen LogP contribution in [0.25, 0.3) is 0 Å². The molecule has 3 rings (SSSR count). The van der Waals surface area contributed by atoms with Crippen LogP contribution in [0.3, 0.4) is 0 Å². The van der Waals surface area contributed by atoms with E-state index in [1.807, 2.05) is 6.92 Å². The van der Waals surface area contributed by atoms with Crippen molar-refractivity contribution in [2.45, 2.75) is 51.9 Å². The molecule has 1 aromatic carbocycles. The number of aromatic nitrogens is 2. The van der Waals surface area contributed by atoms with Gasteiger partial charge in [-0.15, -0.1) is 24.0 Å². The Labute approximate surface area is 178 Å². The molecule has 2 heterocycles. The van der Waals surface area contributed by atoms with Gasteiger partial charge in [-0.05, 0) is 32.3 Å². The molecule has 1 aromatic heterocycles. The van der Waals surface area contributed by atoms with Gasteiger partial charge in [0, 0.05) is 32.2 Å². The first-order valence-corrected chi connectivity index (χ1v) is 9.18. The number of halogens is 1. The molecular formula is C19H29IN6O. The van der Waals surface area contributed by atoms with Gasteiger partial charge in [-0.25, -0.2) is 0 Å². The van der Waals surface area contributed by atoms with Crippen molar-refractivity contribution in [3.63, 3.8) is 0 Å². The highest BCUT2D eigenvalue weighted by Crippen LogP contribution is 2.19. The lowest BCUT2D eigenvalue weighted by atomic mass is 9.97. The van der Waals surface area contributed by atoms with Crippen molar-refractivity contribution in [3.8, 4) is 0 Å². The molecule has 27 heavy (non-hydrogen) atoms. The van der Waals surface area contributed by atoms with E-state index in [1.54, 1.807) is 7.05 Å². The van der Waals surface area contributed by atoms with Crippen molar-refractivity contribution in [3.05, 3.63) is 47.6 Å². The van der Waals surface area contributed by atoms with Gasteiger partial charge < -0.3 is 15.2 Å². The number of guanidine groups is 1. The quantitative estimate of drug-likeness (QED) is 0.386. The first kappa shape index (κ1) is 21.6. The molecule has 1 saturated heterocycles. The topological polar surface area (TPSA) is 78.6 Å². The standard InChI is InChI=1S/C19H28N6O.HI/c1-14-11-17(9-10-25(14)13-16-7-5-4-6-8-16)23-19(20-3)21-12-18-22-15(2)24-26-18;/h4-8,14,17H,9-13H2,1-3H3,(H2,20,21,23);1H. The van der Waals surface area contributed by atoms with Crippen LogP contribution in [0, 0.1) is 6.92 Å². The van der Waals surface area contributed by atoms with Gasteiger partial charge >= 0.3 is 0 Å². The zero-order chi connectivity index (χ0) is 18.4. The number of nitrogens with zero attached hydrogens (tertiary/aromatic N) is 4. The van der Waals surface area contributed by atoms with Gasteiger partial charge in [0.1, 0.15) is 0 Å². The Kier molecular flexibility index (Phi) is 8.49. The third-order valence-electron chi connectivity index (χ3n) is 4.78. The number of hydrogen-bond acceptors (Lipinski definition) is 5. The lowest BCUT2D eigenvalue weighted by molar-refractivity contribution is 0.134. The highest BCUT2D eigenvalue weighted by atomic mass is 127. The zero-order valence-corrected chi connectivity index (χ0v) is 18.5. The summed E-state index contributed by atoms with van der Waals surface area (Å²) in [5, 5.41) is 10.6. The maximum atomic E-state index is 5.12. The Morgan fingerprint density at radius 1 is 1.33 bits per heavy atom. The van der Waals surface area contributed by atoms with E-state index in [1.165, 1.54) is 5.56 Å². The number of aryl methyl sites for hydroxylation is 1. The van der Waals surface area contributed by atoms with E-state index in [4.69, 9.17) is 4.52 Å². The lowest BCUT2D eigenvalue weighted by Crippen LogP contribution is -2.51. The van der Waals surface area contributed by atoms with Crippen molar-refractivity contribution < 1.29 is 4.52 Å². The number of nitrogens with one attached hydrogen (secondary N) is 2. The fraction of sp³-hybridized carbons (Fsp3) is 0.526. The second-order valence-electron chi connectivity index (χ2n) is 6.83. The Morgan fingerprint density at radius 3 is 2.74 bits per heavy atom. The number of likely N-dealkylation sites (tertiary alicyclic amines) is 1. The Bertz CT molecular complexity index is 720. The first-order chi connectivity index (χ1) is 12.6. The first-order valence-electron chi connectivity index (χ1n) is 9.18. The highest BCUT2D eigenvalue weighted by Gasteiger charge is 2.26. The minimum Gasteiger partial charge on any atom is -0.354 e. The van der Waals surface area contributed by atoms with Gasteiger partial charge in [0.25, 0.3) is 0 Å². The van der Waals surface area contributed by atoms with Crippen LogP contribution in [0.1, 0.15) is 37.0 Å². The zero-order valence-electron chi connectivity index (χ0n) is 16.2. The second-order valence-corrected chi connectivity index (χ2v) is 6.83. The monoisotopic (exact) mass is 484 g/mol. The summed E-state index contributed by atoms with van der Waals surface area (Å²) in [6, 6.07) is 11.6. The van der Waals surface area contributed by atoms with Crippen LogP contribution in [0.2, 0.25) is 0 Å². The molecule has 2 N–H and O–H groups in total. The number of rotatable bonds is 5. The molecule has 0 aliphatic carbocycles. The summed E-state index contributed by atoms with van der Waals surface area (Å²) in [5.74, 6) is 1.98. The van der Waals surface area contributed by atoms with Gasteiger partial charge in [0.2, 0.25) is 5.89 Å². The number of piperidine rings is 1. The van der Waals surface area contributed by atoms with Gasteiger partial charge in [0.05, 0.1) is 6.54 Å². The molecule has 1 aliphatic rings. The molecule has 1 aliphatic heterocycles. The highest BCUT2D eigenvalue weighted by molar-refractivity contribution is 14.0. The van der Waals surface area contributed by atoms with E-state index in [0.29, 0.717) is 30.3 Å². The van der Waals surface area contributed by atoms with E-state index in [-0.39, 0.29) is 24.0 Å². The summed E-state index contributed by atoms with van der Waals surface area (Å²) < 4.78 is 5.12. The van der Waals surface area contributed by atoms with E-state index in [9.17, 15) is 0 Å². The number of hydrogen-bond donors (Lipinski definition) is 2. The third-order valence-corrected chi connectivity index (χ3v) is 4.78. The van der Waals surface area contributed by atoms with Crippen LogP contribution in [0.4, 0.5) is 0 Å². The van der Waals surface area contributed by atoms with Crippen LogP contribution >= 0.6 is 24.0 Å². The number of benzene rings is 1. The third kappa shape index (κ3) is 6.46. The molecule has 0 radical (unpaired) electrons. The molecule has 2 aromatic rings. The lowest BCUT2D eigenvalue weighted by Gasteiger charge is -2.38. The summed E-state index contributed by atoms with van der Waals surface area (Å²) in [6.45, 7) is 6.67.